The van der Waals surface area contributed by atoms with Crippen molar-refractivity contribution in [2.45, 2.75) is 19.2 Å². The summed E-state index contributed by atoms with van der Waals surface area (Å²) < 4.78 is 46.0. The summed E-state index contributed by atoms with van der Waals surface area (Å²) in [7, 11) is 3.22. The molecule has 0 unspecified atom stereocenters. The van der Waals surface area contributed by atoms with Gasteiger partial charge in [0.25, 0.3) is 0 Å². The van der Waals surface area contributed by atoms with Crippen LogP contribution in [0.4, 0.5) is 19.0 Å². The lowest BCUT2D eigenvalue weighted by atomic mass is 10.3. The lowest BCUT2D eigenvalue weighted by Gasteiger charge is -2.11. The quantitative estimate of drug-likeness (QED) is 0.760. The van der Waals surface area contributed by atoms with Gasteiger partial charge in [-0.3, -0.25) is 0 Å². The third-order valence-electron chi connectivity index (χ3n) is 2.22. The van der Waals surface area contributed by atoms with Crippen molar-refractivity contribution in [2.75, 3.05) is 32.7 Å². The zero-order chi connectivity index (χ0) is 15.2. The zero-order valence-electron chi connectivity index (χ0n) is 11.1. The number of nitrogens with zero attached hydrogens (tertiary/aromatic N) is 2. The van der Waals surface area contributed by atoms with E-state index in [4.69, 9.17) is 4.74 Å². The minimum Gasteiger partial charge on any atom is -0.378 e. The summed E-state index contributed by atoms with van der Waals surface area (Å²) in [6, 6.07) is 0. The molecule has 0 aromatic carbocycles. The number of nitrogens with one attached hydrogen (secondary N) is 1. The van der Waals surface area contributed by atoms with Crippen LogP contribution in [-0.2, 0) is 22.5 Å². The first-order chi connectivity index (χ1) is 9.37. The fourth-order valence-corrected chi connectivity index (χ4v) is 1.90. The summed E-state index contributed by atoms with van der Waals surface area (Å²) in [6.07, 6.45) is -4.13. The average Bonchev–Trinajstić information content (AvgIpc) is 2.37. The molecule has 0 radical (unpaired) electrons. The minimum absolute atomic E-state index is 0.100. The van der Waals surface area contributed by atoms with Gasteiger partial charge >= 0.3 is 6.18 Å². The maximum absolute atomic E-state index is 11.9. The van der Waals surface area contributed by atoms with Crippen LogP contribution in [0.5, 0.6) is 0 Å². The molecule has 1 aromatic heterocycles. The van der Waals surface area contributed by atoms with Crippen LogP contribution in [0.3, 0.4) is 0 Å². The van der Waals surface area contributed by atoms with Gasteiger partial charge in [0.1, 0.15) is 18.2 Å². The molecule has 0 amide bonds. The van der Waals surface area contributed by atoms with Crippen LogP contribution in [-0.4, -0.2) is 43.5 Å². The van der Waals surface area contributed by atoms with Crippen LogP contribution in [0.15, 0.2) is 4.47 Å². The summed E-state index contributed by atoms with van der Waals surface area (Å²) >= 11 is 3.34. The number of hydrogen-bond donors (Lipinski definition) is 1. The molecule has 0 aliphatic rings. The predicted octanol–water partition coefficient (Wildman–Crippen LogP) is 2.55. The second kappa shape index (κ2) is 7.75. The van der Waals surface area contributed by atoms with Crippen LogP contribution >= 0.6 is 15.9 Å². The molecule has 1 rings (SSSR count). The molecular formula is C11H15BrF3N3O2. The van der Waals surface area contributed by atoms with Gasteiger partial charge in [0.2, 0.25) is 0 Å². The Kier molecular flexibility index (Phi) is 6.63. The first kappa shape index (κ1) is 17.1. The predicted molar refractivity (Wildman–Crippen MR) is 70.6 cm³/mol. The molecule has 1 aromatic rings. The molecule has 0 bridgehead atoms. The summed E-state index contributed by atoms with van der Waals surface area (Å²) in [5, 5.41) is 2.87. The van der Waals surface area contributed by atoms with Crippen molar-refractivity contribution in [2.24, 2.45) is 0 Å². The Labute approximate surface area is 123 Å². The Morgan fingerprint density at radius 3 is 2.55 bits per heavy atom. The molecule has 20 heavy (non-hydrogen) atoms. The van der Waals surface area contributed by atoms with Gasteiger partial charge in [-0.25, -0.2) is 9.97 Å². The highest BCUT2D eigenvalue weighted by Crippen LogP contribution is 2.24. The van der Waals surface area contributed by atoms with Crippen LogP contribution in [0.2, 0.25) is 0 Å². The number of rotatable bonds is 7. The number of alkyl halides is 3. The van der Waals surface area contributed by atoms with Crippen molar-refractivity contribution in [3.8, 4) is 0 Å². The fourth-order valence-electron chi connectivity index (χ4n) is 1.41. The summed E-state index contributed by atoms with van der Waals surface area (Å²) in [4.78, 5) is 8.40. The van der Waals surface area contributed by atoms with E-state index in [1.807, 2.05) is 0 Å². The van der Waals surface area contributed by atoms with Crippen molar-refractivity contribution < 1.29 is 22.6 Å². The number of anilines is 1. The third kappa shape index (κ3) is 5.59. The highest BCUT2D eigenvalue weighted by Gasteiger charge is 2.27. The third-order valence-corrected chi connectivity index (χ3v) is 3.05. The van der Waals surface area contributed by atoms with Gasteiger partial charge in [-0.05, 0) is 15.9 Å². The van der Waals surface area contributed by atoms with Gasteiger partial charge in [0, 0.05) is 20.6 Å². The van der Waals surface area contributed by atoms with Gasteiger partial charge in [-0.2, -0.15) is 13.2 Å². The number of aromatic nitrogens is 2. The normalized spacial score (nSPS) is 11.7. The van der Waals surface area contributed by atoms with Crippen molar-refractivity contribution in [1.82, 2.24) is 9.97 Å². The number of hydrogen-bond acceptors (Lipinski definition) is 5. The Bertz CT molecular complexity index is 444. The molecule has 9 heteroatoms. The highest BCUT2D eigenvalue weighted by atomic mass is 79.9. The van der Waals surface area contributed by atoms with E-state index in [0.29, 0.717) is 21.8 Å². The molecular weight excluding hydrogens is 343 g/mol. The van der Waals surface area contributed by atoms with E-state index in [2.05, 4.69) is 36.0 Å². The Morgan fingerprint density at radius 2 is 2.00 bits per heavy atom. The fraction of sp³-hybridized carbons (Fsp3) is 0.636. The SMILES string of the molecule is CNc1nc(CCOCC(F)(F)F)nc(COC)c1Br. The van der Waals surface area contributed by atoms with Gasteiger partial charge in [-0.15, -0.1) is 0 Å². The topological polar surface area (TPSA) is 56.3 Å². The monoisotopic (exact) mass is 357 g/mol. The maximum atomic E-state index is 11.9. The number of ether oxygens (including phenoxy) is 2. The zero-order valence-corrected chi connectivity index (χ0v) is 12.6. The molecule has 0 spiro atoms. The average molecular weight is 358 g/mol. The van der Waals surface area contributed by atoms with E-state index in [9.17, 15) is 13.2 Å². The largest absolute Gasteiger partial charge is 0.411 e. The lowest BCUT2D eigenvalue weighted by Crippen LogP contribution is -2.18. The Hall–Kier alpha value is -0.930. The molecule has 0 saturated heterocycles. The van der Waals surface area contributed by atoms with Gasteiger partial charge in [0.05, 0.1) is 23.4 Å². The molecule has 0 atom stereocenters. The molecule has 114 valence electrons. The molecule has 0 saturated carbocycles. The Balaban J connectivity index is 2.67. The van der Waals surface area contributed by atoms with Gasteiger partial charge < -0.3 is 14.8 Å². The van der Waals surface area contributed by atoms with Crippen molar-refractivity contribution in [3.63, 3.8) is 0 Å². The molecule has 5 nitrogen and oxygen atoms in total. The number of halogens is 4. The summed E-state index contributed by atoms with van der Waals surface area (Å²) in [5.41, 5.74) is 0.623. The highest BCUT2D eigenvalue weighted by molar-refractivity contribution is 9.10. The molecule has 0 aliphatic carbocycles. The van der Waals surface area contributed by atoms with Crippen LogP contribution < -0.4 is 5.32 Å². The van der Waals surface area contributed by atoms with E-state index < -0.39 is 12.8 Å². The van der Waals surface area contributed by atoms with Crippen LogP contribution in [0.1, 0.15) is 11.5 Å². The van der Waals surface area contributed by atoms with E-state index >= 15 is 0 Å². The molecule has 0 aliphatic heterocycles. The first-order valence-electron chi connectivity index (χ1n) is 5.74. The van der Waals surface area contributed by atoms with Crippen LogP contribution in [0, 0.1) is 0 Å². The second-order valence-electron chi connectivity index (χ2n) is 3.85. The van der Waals surface area contributed by atoms with Gasteiger partial charge in [0.15, 0.2) is 0 Å². The smallest absolute Gasteiger partial charge is 0.378 e. The summed E-state index contributed by atoms with van der Waals surface area (Å²) in [6.45, 7) is -1.10. The summed E-state index contributed by atoms with van der Waals surface area (Å²) in [5.74, 6) is 0.949. The second-order valence-corrected chi connectivity index (χ2v) is 4.64. The molecule has 0 fully saturated rings. The van der Waals surface area contributed by atoms with Crippen molar-refractivity contribution in [3.05, 3.63) is 16.0 Å². The Morgan fingerprint density at radius 1 is 1.30 bits per heavy atom. The standard InChI is InChI=1S/C11H15BrF3N3O2/c1-16-10-9(12)7(5-19-2)17-8(18-10)3-4-20-6-11(13,14)15/h3-6H2,1-2H3,(H,16,17,18). The van der Waals surface area contributed by atoms with Crippen molar-refractivity contribution >= 4 is 21.7 Å². The van der Waals surface area contributed by atoms with E-state index in [1.165, 1.54) is 7.11 Å². The number of methoxy groups -OCH3 is 1. The minimum atomic E-state index is -4.32. The van der Waals surface area contributed by atoms with Gasteiger partial charge in [-0.1, -0.05) is 0 Å². The van der Waals surface area contributed by atoms with E-state index in [0.717, 1.165) is 0 Å². The molecule has 1 N–H and O–H groups in total. The maximum Gasteiger partial charge on any atom is 0.411 e. The first-order valence-corrected chi connectivity index (χ1v) is 6.53. The lowest BCUT2D eigenvalue weighted by molar-refractivity contribution is -0.173. The van der Waals surface area contributed by atoms with E-state index in [1.54, 1.807) is 7.05 Å². The molecule has 1 heterocycles. The van der Waals surface area contributed by atoms with E-state index in [-0.39, 0.29) is 19.6 Å². The van der Waals surface area contributed by atoms with Crippen molar-refractivity contribution in [1.29, 1.82) is 0 Å². The van der Waals surface area contributed by atoms with Crippen LogP contribution in [0.25, 0.3) is 0 Å².